The molecule has 5 nitrogen and oxygen atoms in total. The molecule has 20 heavy (non-hydrogen) atoms. The molecule has 0 saturated carbocycles. The Hall–Kier alpha value is -1.75. The lowest BCUT2D eigenvalue weighted by Gasteiger charge is -2.19. The second kappa shape index (κ2) is 5.71. The van der Waals surface area contributed by atoms with Crippen molar-refractivity contribution in [3.63, 3.8) is 0 Å². The fraction of sp³-hybridized carbons (Fsp3) is 0.533. The van der Waals surface area contributed by atoms with E-state index >= 15 is 0 Å². The van der Waals surface area contributed by atoms with E-state index in [1.54, 1.807) is 25.3 Å². The first-order chi connectivity index (χ1) is 9.39. The molecule has 0 unspecified atom stereocenters. The largest absolute Gasteiger partial charge is 0.494 e. The number of benzene rings is 1. The summed E-state index contributed by atoms with van der Waals surface area (Å²) in [7, 11) is 1.56. The van der Waals surface area contributed by atoms with Crippen LogP contribution < -0.4 is 15.8 Å². The fourth-order valence-corrected chi connectivity index (χ4v) is 2.56. The minimum absolute atomic E-state index is 0.0224. The Balaban J connectivity index is 1.95. The van der Waals surface area contributed by atoms with Crippen molar-refractivity contribution in [2.75, 3.05) is 37.8 Å². The number of rotatable bonds is 4. The van der Waals surface area contributed by atoms with E-state index in [-0.39, 0.29) is 5.91 Å². The maximum Gasteiger partial charge on any atom is 0.238 e. The van der Waals surface area contributed by atoms with Crippen molar-refractivity contribution in [3.05, 3.63) is 18.2 Å². The van der Waals surface area contributed by atoms with E-state index in [1.165, 1.54) is 0 Å². The Labute approximate surface area is 120 Å². The van der Waals surface area contributed by atoms with Crippen molar-refractivity contribution in [1.82, 2.24) is 4.90 Å². The van der Waals surface area contributed by atoms with Crippen LogP contribution in [-0.4, -0.2) is 37.6 Å². The lowest BCUT2D eigenvalue weighted by molar-refractivity contribution is -0.117. The monoisotopic (exact) mass is 277 g/mol. The molecule has 1 saturated heterocycles. The number of ether oxygens (including phenoxy) is 1. The number of methoxy groups -OCH3 is 1. The third kappa shape index (κ3) is 3.63. The molecular weight excluding hydrogens is 254 g/mol. The van der Waals surface area contributed by atoms with Gasteiger partial charge in [-0.05, 0) is 30.5 Å². The van der Waals surface area contributed by atoms with Crippen LogP contribution in [0.5, 0.6) is 5.75 Å². The highest BCUT2D eigenvalue weighted by Crippen LogP contribution is 2.29. The van der Waals surface area contributed by atoms with Crippen LogP contribution in [-0.2, 0) is 4.79 Å². The minimum atomic E-state index is -0.0224. The Morgan fingerprint density at radius 2 is 2.25 bits per heavy atom. The molecule has 0 spiro atoms. The van der Waals surface area contributed by atoms with E-state index in [4.69, 9.17) is 10.5 Å². The standard InChI is InChI=1S/C15H23N3O2/c1-15(2)6-7-18(10-15)9-14(19)17-12-5-4-11(16)8-13(12)20-3/h4-5,8H,6-7,9-10,16H2,1-3H3,(H,17,19). The van der Waals surface area contributed by atoms with E-state index in [1.807, 2.05) is 0 Å². The molecular formula is C15H23N3O2. The number of hydrogen-bond acceptors (Lipinski definition) is 4. The molecule has 1 amide bonds. The van der Waals surface area contributed by atoms with Gasteiger partial charge in [0.05, 0.1) is 19.3 Å². The van der Waals surface area contributed by atoms with Gasteiger partial charge in [-0.3, -0.25) is 9.69 Å². The summed E-state index contributed by atoms with van der Waals surface area (Å²) in [6, 6.07) is 5.21. The van der Waals surface area contributed by atoms with E-state index in [0.717, 1.165) is 19.5 Å². The van der Waals surface area contributed by atoms with Gasteiger partial charge in [-0.2, -0.15) is 0 Å². The molecule has 3 N–H and O–H groups in total. The molecule has 1 heterocycles. The Kier molecular flexibility index (Phi) is 4.18. The van der Waals surface area contributed by atoms with E-state index < -0.39 is 0 Å². The second-order valence-corrected chi connectivity index (χ2v) is 6.13. The van der Waals surface area contributed by atoms with Gasteiger partial charge in [0.2, 0.25) is 5.91 Å². The average Bonchev–Trinajstić information content (AvgIpc) is 2.70. The predicted molar refractivity (Wildman–Crippen MR) is 80.9 cm³/mol. The lowest BCUT2D eigenvalue weighted by Crippen LogP contribution is -2.32. The van der Waals surface area contributed by atoms with Gasteiger partial charge in [0.1, 0.15) is 5.75 Å². The van der Waals surface area contributed by atoms with Crippen LogP contribution in [0.25, 0.3) is 0 Å². The van der Waals surface area contributed by atoms with Crippen LogP contribution in [0.4, 0.5) is 11.4 Å². The number of hydrogen-bond donors (Lipinski definition) is 2. The zero-order chi connectivity index (χ0) is 14.8. The number of nitrogen functional groups attached to an aromatic ring is 1. The lowest BCUT2D eigenvalue weighted by atomic mass is 9.93. The van der Waals surface area contributed by atoms with Gasteiger partial charge >= 0.3 is 0 Å². The molecule has 1 aliphatic rings. The minimum Gasteiger partial charge on any atom is -0.494 e. The zero-order valence-electron chi connectivity index (χ0n) is 12.4. The Bertz CT molecular complexity index is 500. The third-order valence-electron chi connectivity index (χ3n) is 3.62. The highest BCUT2D eigenvalue weighted by Gasteiger charge is 2.30. The number of likely N-dealkylation sites (tertiary alicyclic amines) is 1. The van der Waals surface area contributed by atoms with Crippen molar-refractivity contribution in [2.24, 2.45) is 5.41 Å². The van der Waals surface area contributed by atoms with E-state index in [9.17, 15) is 4.79 Å². The first-order valence-corrected chi connectivity index (χ1v) is 6.85. The topological polar surface area (TPSA) is 67.6 Å². The van der Waals surface area contributed by atoms with Crippen LogP contribution >= 0.6 is 0 Å². The fourth-order valence-electron chi connectivity index (χ4n) is 2.56. The highest BCUT2D eigenvalue weighted by molar-refractivity contribution is 5.94. The van der Waals surface area contributed by atoms with Crippen molar-refractivity contribution in [1.29, 1.82) is 0 Å². The molecule has 110 valence electrons. The summed E-state index contributed by atoms with van der Waals surface area (Å²) < 4.78 is 5.22. The smallest absolute Gasteiger partial charge is 0.238 e. The summed E-state index contributed by atoms with van der Waals surface area (Å²) >= 11 is 0. The second-order valence-electron chi connectivity index (χ2n) is 6.13. The zero-order valence-corrected chi connectivity index (χ0v) is 12.4. The summed E-state index contributed by atoms with van der Waals surface area (Å²) in [6.07, 6.45) is 1.13. The van der Waals surface area contributed by atoms with Crippen molar-refractivity contribution in [2.45, 2.75) is 20.3 Å². The number of carbonyl (C=O) groups excluding carboxylic acids is 1. The van der Waals surface area contributed by atoms with Gasteiger partial charge in [-0.1, -0.05) is 13.8 Å². The summed E-state index contributed by atoms with van der Waals surface area (Å²) in [6.45, 7) is 6.80. The third-order valence-corrected chi connectivity index (χ3v) is 3.62. The molecule has 0 aromatic heterocycles. The summed E-state index contributed by atoms with van der Waals surface area (Å²) in [5.41, 5.74) is 7.27. The maximum atomic E-state index is 12.1. The van der Waals surface area contributed by atoms with Gasteiger partial charge < -0.3 is 15.8 Å². The molecule has 0 radical (unpaired) electrons. The molecule has 2 rings (SSSR count). The van der Waals surface area contributed by atoms with Crippen LogP contribution in [0.2, 0.25) is 0 Å². The molecule has 0 atom stereocenters. The van der Waals surface area contributed by atoms with Crippen LogP contribution in [0.15, 0.2) is 18.2 Å². The van der Waals surface area contributed by atoms with E-state index in [2.05, 4.69) is 24.1 Å². The van der Waals surface area contributed by atoms with Crippen LogP contribution in [0.3, 0.4) is 0 Å². The Morgan fingerprint density at radius 1 is 1.50 bits per heavy atom. The number of anilines is 2. The van der Waals surface area contributed by atoms with Gasteiger partial charge in [0.15, 0.2) is 0 Å². The highest BCUT2D eigenvalue weighted by atomic mass is 16.5. The Morgan fingerprint density at radius 3 is 2.85 bits per heavy atom. The summed E-state index contributed by atoms with van der Waals surface area (Å²) in [5, 5.41) is 2.88. The number of carbonyl (C=O) groups is 1. The first kappa shape index (κ1) is 14.7. The maximum absolute atomic E-state index is 12.1. The molecule has 0 bridgehead atoms. The molecule has 0 aliphatic carbocycles. The molecule has 1 aliphatic heterocycles. The number of nitrogens with zero attached hydrogens (tertiary/aromatic N) is 1. The number of nitrogens with one attached hydrogen (secondary N) is 1. The molecule has 5 heteroatoms. The summed E-state index contributed by atoms with van der Waals surface area (Å²) in [5.74, 6) is 0.561. The van der Waals surface area contributed by atoms with Crippen molar-refractivity contribution >= 4 is 17.3 Å². The predicted octanol–water partition coefficient (Wildman–Crippen LogP) is 1.95. The van der Waals surface area contributed by atoms with Gasteiger partial charge in [-0.25, -0.2) is 0 Å². The van der Waals surface area contributed by atoms with Gasteiger partial charge in [0.25, 0.3) is 0 Å². The van der Waals surface area contributed by atoms with Gasteiger partial charge in [-0.15, -0.1) is 0 Å². The number of amides is 1. The molecule has 1 fully saturated rings. The quantitative estimate of drug-likeness (QED) is 0.825. The van der Waals surface area contributed by atoms with Crippen LogP contribution in [0, 0.1) is 5.41 Å². The SMILES string of the molecule is COc1cc(N)ccc1NC(=O)CN1CCC(C)(C)C1. The first-order valence-electron chi connectivity index (χ1n) is 6.85. The van der Waals surface area contributed by atoms with Crippen molar-refractivity contribution in [3.8, 4) is 5.75 Å². The molecule has 1 aromatic carbocycles. The normalized spacial score (nSPS) is 17.9. The van der Waals surface area contributed by atoms with Crippen LogP contribution in [0.1, 0.15) is 20.3 Å². The average molecular weight is 277 g/mol. The number of nitrogens with two attached hydrogens (primary N) is 1. The molecule has 1 aromatic rings. The van der Waals surface area contributed by atoms with Gasteiger partial charge in [0, 0.05) is 18.3 Å². The van der Waals surface area contributed by atoms with Crippen molar-refractivity contribution < 1.29 is 9.53 Å². The van der Waals surface area contributed by atoms with E-state index in [0.29, 0.717) is 29.1 Å². The summed E-state index contributed by atoms with van der Waals surface area (Å²) in [4.78, 5) is 14.3.